The molecular formula is C18H14BrN5O5. The van der Waals surface area contributed by atoms with Gasteiger partial charge in [-0.1, -0.05) is 0 Å². The molecule has 4 rings (SSSR count). The average Bonchev–Trinajstić information content (AvgIpc) is 3.12. The first-order chi connectivity index (χ1) is 13.8. The number of aromatic nitrogens is 2. The van der Waals surface area contributed by atoms with E-state index in [0.717, 1.165) is 4.90 Å². The van der Waals surface area contributed by atoms with Crippen LogP contribution in [0.25, 0.3) is 0 Å². The van der Waals surface area contributed by atoms with Crippen LogP contribution in [0.1, 0.15) is 49.7 Å². The Morgan fingerprint density at radius 2 is 1.93 bits per heavy atom. The van der Waals surface area contributed by atoms with E-state index < -0.39 is 35.6 Å². The van der Waals surface area contributed by atoms with Gasteiger partial charge in [-0.05, 0) is 47.5 Å². The fourth-order valence-electron chi connectivity index (χ4n) is 3.38. The third-order valence-electron chi connectivity index (χ3n) is 4.77. The van der Waals surface area contributed by atoms with Gasteiger partial charge in [-0.25, -0.2) is 4.98 Å². The van der Waals surface area contributed by atoms with E-state index in [0.29, 0.717) is 16.1 Å². The van der Waals surface area contributed by atoms with Crippen molar-refractivity contribution in [1.82, 2.24) is 20.2 Å². The summed E-state index contributed by atoms with van der Waals surface area (Å²) in [6.07, 6.45) is 0.122. The van der Waals surface area contributed by atoms with Crippen molar-refractivity contribution in [3.8, 4) is 0 Å². The standard InChI is InChI=1S/C18H14BrN5O5/c1-7-13(23-18(19)20-7)15(27)21-8-2-3-9-10(6-8)17(29)24(16(9)28)11-4-5-12(25)22-14(11)26/h2-3,6,11H,4-5H2,1H3,(H,20,23)(H,21,27)(H,22,25,26). The number of H-pyrrole nitrogens is 1. The summed E-state index contributed by atoms with van der Waals surface area (Å²) in [6.45, 7) is 1.69. The maximum atomic E-state index is 12.8. The van der Waals surface area contributed by atoms with E-state index in [1.165, 1.54) is 18.2 Å². The topological polar surface area (TPSA) is 141 Å². The number of imidazole rings is 1. The zero-order chi connectivity index (χ0) is 20.9. The number of imide groups is 2. The second-order valence-corrected chi connectivity index (χ2v) is 7.41. The van der Waals surface area contributed by atoms with Gasteiger partial charge < -0.3 is 10.3 Å². The number of halogens is 1. The summed E-state index contributed by atoms with van der Waals surface area (Å²) in [5.41, 5.74) is 1.27. The molecule has 0 aliphatic carbocycles. The van der Waals surface area contributed by atoms with Gasteiger partial charge in [0.25, 0.3) is 17.7 Å². The molecule has 2 aromatic rings. The lowest BCUT2D eigenvalue weighted by molar-refractivity contribution is -0.136. The van der Waals surface area contributed by atoms with Crippen molar-refractivity contribution < 1.29 is 24.0 Å². The minimum absolute atomic E-state index is 0.0453. The van der Waals surface area contributed by atoms with E-state index in [-0.39, 0.29) is 29.7 Å². The molecule has 10 nitrogen and oxygen atoms in total. The Kier molecular flexibility index (Phi) is 4.53. The highest BCUT2D eigenvalue weighted by Gasteiger charge is 2.44. The molecule has 1 unspecified atom stereocenters. The van der Waals surface area contributed by atoms with E-state index in [1.54, 1.807) is 6.92 Å². The Bertz CT molecular complexity index is 1110. The van der Waals surface area contributed by atoms with E-state index in [2.05, 4.69) is 36.5 Å². The van der Waals surface area contributed by atoms with E-state index in [9.17, 15) is 24.0 Å². The second-order valence-electron chi connectivity index (χ2n) is 6.66. The molecule has 0 spiro atoms. The monoisotopic (exact) mass is 459 g/mol. The molecule has 1 atom stereocenters. The number of rotatable bonds is 3. The lowest BCUT2D eigenvalue weighted by Gasteiger charge is -2.27. The van der Waals surface area contributed by atoms with Crippen molar-refractivity contribution in [1.29, 1.82) is 0 Å². The van der Waals surface area contributed by atoms with Crippen LogP contribution in [0.2, 0.25) is 0 Å². The van der Waals surface area contributed by atoms with Crippen molar-refractivity contribution in [2.45, 2.75) is 25.8 Å². The maximum absolute atomic E-state index is 12.8. The molecule has 148 valence electrons. The summed E-state index contributed by atoms with van der Waals surface area (Å²) in [5, 5.41) is 4.78. The normalized spacial score (nSPS) is 18.7. The van der Waals surface area contributed by atoms with Gasteiger partial charge in [-0.3, -0.25) is 34.2 Å². The fourth-order valence-corrected chi connectivity index (χ4v) is 3.86. The summed E-state index contributed by atoms with van der Waals surface area (Å²) in [7, 11) is 0. The third kappa shape index (κ3) is 3.23. The molecule has 0 radical (unpaired) electrons. The van der Waals surface area contributed by atoms with Gasteiger partial charge in [0.1, 0.15) is 11.7 Å². The highest BCUT2D eigenvalue weighted by atomic mass is 79.9. The number of benzene rings is 1. The molecule has 5 amide bonds. The minimum Gasteiger partial charge on any atom is -0.336 e. The number of aryl methyl sites for hydroxylation is 1. The molecule has 1 aromatic carbocycles. The largest absolute Gasteiger partial charge is 0.336 e. The first-order valence-electron chi connectivity index (χ1n) is 8.65. The number of anilines is 1. The number of hydrogen-bond acceptors (Lipinski definition) is 6. The van der Waals surface area contributed by atoms with Crippen LogP contribution in [0.15, 0.2) is 22.9 Å². The van der Waals surface area contributed by atoms with Gasteiger partial charge in [0.05, 0.1) is 11.1 Å². The van der Waals surface area contributed by atoms with Crippen LogP contribution in [0.3, 0.4) is 0 Å². The molecule has 1 saturated heterocycles. The number of piperidine rings is 1. The maximum Gasteiger partial charge on any atom is 0.276 e. The quantitative estimate of drug-likeness (QED) is 0.587. The molecule has 1 fully saturated rings. The first-order valence-corrected chi connectivity index (χ1v) is 9.44. The number of nitrogens with one attached hydrogen (secondary N) is 3. The van der Waals surface area contributed by atoms with Crippen molar-refractivity contribution in [2.75, 3.05) is 5.32 Å². The van der Waals surface area contributed by atoms with Crippen molar-refractivity contribution >= 4 is 51.2 Å². The zero-order valence-corrected chi connectivity index (χ0v) is 16.6. The fraction of sp³-hybridized carbons (Fsp3) is 0.222. The number of nitrogens with zero attached hydrogens (tertiary/aromatic N) is 2. The van der Waals surface area contributed by atoms with Crippen LogP contribution >= 0.6 is 15.9 Å². The Labute approximate surface area is 172 Å². The summed E-state index contributed by atoms with van der Waals surface area (Å²) >= 11 is 3.16. The molecule has 1 aromatic heterocycles. The molecule has 2 aliphatic rings. The smallest absolute Gasteiger partial charge is 0.276 e. The molecule has 29 heavy (non-hydrogen) atoms. The Balaban J connectivity index is 1.59. The number of amides is 5. The first kappa shape index (κ1) is 19.0. The van der Waals surface area contributed by atoms with Gasteiger partial charge in [0.2, 0.25) is 11.8 Å². The number of aromatic amines is 1. The van der Waals surface area contributed by atoms with Crippen molar-refractivity contribution in [2.24, 2.45) is 0 Å². The van der Waals surface area contributed by atoms with E-state index in [4.69, 9.17) is 0 Å². The lowest BCUT2D eigenvalue weighted by Crippen LogP contribution is -2.54. The predicted molar refractivity (Wildman–Crippen MR) is 102 cm³/mol. The average molecular weight is 460 g/mol. The van der Waals surface area contributed by atoms with Gasteiger partial charge in [-0.15, -0.1) is 0 Å². The zero-order valence-electron chi connectivity index (χ0n) is 15.0. The van der Waals surface area contributed by atoms with Crippen LogP contribution in [0.4, 0.5) is 5.69 Å². The predicted octanol–water partition coefficient (Wildman–Crippen LogP) is 1.13. The molecule has 11 heteroatoms. The summed E-state index contributed by atoms with van der Waals surface area (Å²) in [5.74, 6) is -2.85. The Morgan fingerprint density at radius 3 is 2.59 bits per heavy atom. The summed E-state index contributed by atoms with van der Waals surface area (Å²) in [6, 6.07) is 3.26. The second kappa shape index (κ2) is 6.92. The van der Waals surface area contributed by atoms with Gasteiger partial charge in [0.15, 0.2) is 4.73 Å². The third-order valence-corrected chi connectivity index (χ3v) is 5.14. The van der Waals surface area contributed by atoms with Crippen LogP contribution in [0.5, 0.6) is 0 Å². The number of carbonyl (C=O) groups is 5. The number of fused-ring (bicyclic) bond motifs is 1. The van der Waals surface area contributed by atoms with Crippen LogP contribution in [-0.2, 0) is 9.59 Å². The molecule has 0 bridgehead atoms. The highest BCUT2D eigenvalue weighted by Crippen LogP contribution is 2.29. The summed E-state index contributed by atoms with van der Waals surface area (Å²) in [4.78, 5) is 69.1. The number of carbonyl (C=O) groups excluding carboxylic acids is 5. The molecule has 3 heterocycles. The highest BCUT2D eigenvalue weighted by molar-refractivity contribution is 9.10. The van der Waals surface area contributed by atoms with Gasteiger partial charge in [-0.2, -0.15) is 0 Å². The van der Waals surface area contributed by atoms with Gasteiger partial charge in [0, 0.05) is 17.8 Å². The van der Waals surface area contributed by atoms with Crippen LogP contribution in [-0.4, -0.2) is 50.4 Å². The minimum atomic E-state index is -1.04. The Hall–Kier alpha value is -3.34. The van der Waals surface area contributed by atoms with Crippen molar-refractivity contribution in [3.63, 3.8) is 0 Å². The molecule has 0 saturated carbocycles. The molecular weight excluding hydrogens is 446 g/mol. The van der Waals surface area contributed by atoms with E-state index >= 15 is 0 Å². The Morgan fingerprint density at radius 1 is 1.21 bits per heavy atom. The van der Waals surface area contributed by atoms with Crippen molar-refractivity contribution in [3.05, 3.63) is 45.4 Å². The summed E-state index contributed by atoms with van der Waals surface area (Å²) < 4.78 is 0.412. The number of hydrogen-bond donors (Lipinski definition) is 3. The lowest BCUT2D eigenvalue weighted by atomic mass is 10.0. The SMILES string of the molecule is Cc1[nH]c(Br)nc1C(=O)Nc1ccc2c(c1)C(=O)N(C1CCC(=O)NC1=O)C2=O. The van der Waals surface area contributed by atoms with Crippen LogP contribution in [0, 0.1) is 6.92 Å². The molecule has 3 N–H and O–H groups in total. The van der Waals surface area contributed by atoms with Crippen LogP contribution < -0.4 is 10.6 Å². The van der Waals surface area contributed by atoms with E-state index in [1.807, 2.05) is 0 Å². The molecule has 2 aliphatic heterocycles. The van der Waals surface area contributed by atoms with Gasteiger partial charge >= 0.3 is 0 Å².